The highest BCUT2D eigenvalue weighted by molar-refractivity contribution is 7.89. The summed E-state index contributed by atoms with van der Waals surface area (Å²) in [6, 6.07) is 5.29. The van der Waals surface area contributed by atoms with Crippen LogP contribution in [0.15, 0.2) is 18.2 Å². The summed E-state index contributed by atoms with van der Waals surface area (Å²) in [5.41, 5.74) is 0.929. The van der Waals surface area contributed by atoms with Crippen LogP contribution in [0.2, 0.25) is 10.0 Å². The van der Waals surface area contributed by atoms with E-state index in [1.165, 1.54) is 0 Å². The van der Waals surface area contributed by atoms with E-state index < -0.39 is 15.3 Å². The fourth-order valence-corrected chi connectivity index (χ4v) is 3.83. The minimum Gasteiger partial charge on any atom is -0.381 e. The molecule has 0 saturated carbocycles. The molecule has 4 nitrogen and oxygen atoms in total. The van der Waals surface area contributed by atoms with Crippen molar-refractivity contribution in [1.29, 1.82) is 0 Å². The molecule has 0 spiro atoms. The van der Waals surface area contributed by atoms with Gasteiger partial charge in [0.1, 0.15) is 0 Å². The van der Waals surface area contributed by atoms with E-state index in [-0.39, 0.29) is 5.92 Å². The van der Waals surface area contributed by atoms with E-state index >= 15 is 0 Å². The van der Waals surface area contributed by atoms with Gasteiger partial charge in [-0.05, 0) is 30.5 Å². The summed E-state index contributed by atoms with van der Waals surface area (Å²) in [4.78, 5) is 0. The number of benzene rings is 1. The number of sulfonamides is 1. The predicted octanol–water partition coefficient (Wildman–Crippen LogP) is 2.23. The molecule has 1 aliphatic heterocycles. The van der Waals surface area contributed by atoms with Crippen LogP contribution in [0.25, 0.3) is 0 Å². The third-order valence-corrected chi connectivity index (χ3v) is 5.51. The molecule has 0 bridgehead atoms. The molecule has 1 aromatic carbocycles. The number of nitrogens with two attached hydrogens (primary N) is 1. The Bertz CT molecular complexity index is 562. The van der Waals surface area contributed by atoms with Crippen molar-refractivity contribution in [3.63, 3.8) is 0 Å². The summed E-state index contributed by atoms with van der Waals surface area (Å²) < 4.78 is 28.5. The van der Waals surface area contributed by atoms with Gasteiger partial charge in [-0.2, -0.15) is 0 Å². The van der Waals surface area contributed by atoms with Crippen LogP contribution in [0.1, 0.15) is 12.0 Å². The average molecular weight is 324 g/mol. The molecule has 0 aliphatic carbocycles. The van der Waals surface area contributed by atoms with E-state index in [9.17, 15) is 8.42 Å². The van der Waals surface area contributed by atoms with E-state index in [4.69, 9.17) is 33.1 Å². The molecular weight excluding hydrogens is 309 g/mol. The first-order valence-electron chi connectivity index (χ1n) is 5.91. The Labute approximate surface area is 122 Å². The molecule has 0 aromatic heterocycles. The molecule has 1 saturated heterocycles. The summed E-state index contributed by atoms with van der Waals surface area (Å²) in [7, 11) is -3.55. The molecule has 1 heterocycles. The van der Waals surface area contributed by atoms with Gasteiger partial charge in [0.2, 0.25) is 10.0 Å². The van der Waals surface area contributed by atoms with E-state index in [2.05, 4.69) is 0 Å². The molecule has 1 aliphatic rings. The first-order valence-corrected chi connectivity index (χ1v) is 8.28. The zero-order valence-electron chi connectivity index (χ0n) is 10.2. The van der Waals surface area contributed by atoms with Gasteiger partial charge in [0.25, 0.3) is 0 Å². The quantitative estimate of drug-likeness (QED) is 0.927. The topological polar surface area (TPSA) is 69.4 Å². The van der Waals surface area contributed by atoms with Crippen molar-refractivity contribution in [2.24, 2.45) is 11.1 Å². The van der Waals surface area contributed by atoms with Gasteiger partial charge < -0.3 is 4.74 Å². The Kier molecular flexibility index (Phi) is 4.74. The minimum atomic E-state index is -3.55. The Morgan fingerprint density at radius 2 is 2.05 bits per heavy atom. The van der Waals surface area contributed by atoms with Gasteiger partial charge in [0.15, 0.2) is 0 Å². The normalized spacial score (nSPS) is 24.4. The smallest absolute Gasteiger partial charge is 0.212 e. The van der Waals surface area contributed by atoms with Crippen molar-refractivity contribution in [2.75, 3.05) is 13.2 Å². The third-order valence-electron chi connectivity index (χ3n) is 3.31. The molecule has 1 fully saturated rings. The van der Waals surface area contributed by atoms with Crippen molar-refractivity contribution in [1.82, 2.24) is 0 Å². The van der Waals surface area contributed by atoms with Crippen molar-refractivity contribution in [2.45, 2.75) is 18.1 Å². The molecule has 19 heavy (non-hydrogen) atoms. The third kappa shape index (κ3) is 3.83. The van der Waals surface area contributed by atoms with Crippen molar-refractivity contribution in [3.05, 3.63) is 33.8 Å². The van der Waals surface area contributed by atoms with E-state index in [0.717, 1.165) is 5.56 Å². The molecule has 106 valence electrons. The molecule has 2 N–H and O–H groups in total. The van der Waals surface area contributed by atoms with Crippen LogP contribution in [0.5, 0.6) is 0 Å². The Balaban J connectivity index is 2.17. The highest BCUT2D eigenvalue weighted by Gasteiger charge is 2.34. The van der Waals surface area contributed by atoms with Gasteiger partial charge in [0, 0.05) is 12.5 Å². The number of primary sulfonamides is 1. The fourth-order valence-electron chi connectivity index (χ4n) is 2.37. The molecule has 1 aromatic rings. The molecule has 7 heteroatoms. The maximum atomic E-state index is 11.6. The zero-order chi connectivity index (χ0) is 14.0. The van der Waals surface area contributed by atoms with Gasteiger partial charge >= 0.3 is 0 Å². The van der Waals surface area contributed by atoms with E-state index in [0.29, 0.717) is 36.1 Å². The zero-order valence-corrected chi connectivity index (χ0v) is 12.5. The number of ether oxygens (including phenoxy) is 1. The lowest BCUT2D eigenvalue weighted by Gasteiger charge is -2.30. The fraction of sp³-hybridized carbons (Fsp3) is 0.500. The SMILES string of the molecule is NS(=O)(=O)C1CCOCC1Cc1ccc(Cl)c(Cl)c1. The molecule has 0 amide bonds. The summed E-state index contributed by atoms with van der Waals surface area (Å²) in [6.45, 7) is 0.820. The highest BCUT2D eigenvalue weighted by Crippen LogP contribution is 2.27. The predicted molar refractivity (Wildman–Crippen MR) is 76.0 cm³/mol. The van der Waals surface area contributed by atoms with Crippen molar-refractivity contribution in [3.8, 4) is 0 Å². The maximum Gasteiger partial charge on any atom is 0.212 e. The average Bonchev–Trinajstić information content (AvgIpc) is 2.33. The molecular formula is C12H15Cl2NO3S. The van der Waals surface area contributed by atoms with Crippen LogP contribution in [0, 0.1) is 5.92 Å². The van der Waals surface area contributed by atoms with Gasteiger partial charge in [-0.25, -0.2) is 13.6 Å². The second-order valence-corrected chi connectivity index (χ2v) is 7.30. The summed E-state index contributed by atoms with van der Waals surface area (Å²) >= 11 is 11.8. The van der Waals surface area contributed by atoms with Gasteiger partial charge in [-0.1, -0.05) is 29.3 Å². The van der Waals surface area contributed by atoms with E-state index in [1.807, 2.05) is 6.07 Å². The van der Waals surface area contributed by atoms with Gasteiger partial charge in [-0.15, -0.1) is 0 Å². The molecule has 2 atom stereocenters. The Hall–Kier alpha value is -0.330. The number of hydrogen-bond donors (Lipinski definition) is 1. The maximum absolute atomic E-state index is 11.6. The monoisotopic (exact) mass is 323 g/mol. The van der Waals surface area contributed by atoms with Crippen LogP contribution in [-0.4, -0.2) is 26.9 Å². The number of hydrogen-bond acceptors (Lipinski definition) is 3. The van der Waals surface area contributed by atoms with Crippen molar-refractivity contribution >= 4 is 33.2 Å². The summed E-state index contributed by atoms with van der Waals surface area (Å²) in [5, 5.41) is 5.66. The lowest BCUT2D eigenvalue weighted by Crippen LogP contribution is -2.42. The van der Waals surface area contributed by atoms with Crippen LogP contribution in [0.3, 0.4) is 0 Å². The number of halogens is 2. The molecule has 0 radical (unpaired) electrons. The molecule has 2 rings (SSSR count). The van der Waals surface area contributed by atoms with Crippen LogP contribution in [0.4, 0.5) is 0 Å². The number of rotatable bonds is 3. The van der Waals surface area contributed by atoms with Gasteiger partial charge in [0.05, 0.1) is 21.9 Å². The largest absolute Gasteiger partial charge is 0.381 e. The first-order chi connectivity index (χ1) is 8.88. The lowest BCUT2D eigenvalue weighted by atomic mass is 9.93. The molecule has 2 unspecified atom stereocenters. The van der Waals surface area contributed by atoms with Crippen LogP contribution >= 0.6 is 23.2 Å². The van der Waals surface area contributed by atoms with Crippen LogP contribution < -0.4 is 5.14 Å². The van der Waals surface area contributed by atoms with Crippen LogP contribution in [-0.2, 0) is 21.2 Å². The standard InChI is InChI=1S/C12H15Cl2NO3S/c13-10-2-1-8(6-11(10)14)5-9-7-18-4-3-12(9)19(15,16)17/h1-2,6,9,12H,3-5,7H2,(H2,15,16,17). The summed E-state index contributed by atoms with van der Waals surface area (Å²) in [6.07, 6.45) is 0.989. The Morgan fingerprint density at radius 1 is 1.32 bits per heavy atom. The first kappa shape index (κ1) is 15.1. The van der Waals surface area contributed by atoms with E-state index in [1.54, 1.807) is 12.1 Å². The second-order valence-electron chi connectivity index (χ2n) is 4.70. The highest BCUT2D eigenvalue weighted by atomic mass is 35.5. The van der Waals surface area contributed by atoms with Gasteiger partial charge in [-0.3, -0.25) is 0 Å². The summed E-state index contributed by atoms with van der Waals surface area (Å²) in [5.74, 6) is -0.152. The Morgan fingerprint density at radius 3 is 2.68 bits per heavy atom. The minimum absolute atomic E-state index is 0.152. The lowest BCUT2D eigenvalue weighted by molar-refractivity contribution is 0.0572. The second kappa shape index (κ2) is 5.97. The van der Waals surface area contributed by atoms with Crippen molar-refractivity contribution < 1.29 is 13.2 Å².